The third-order valence-electron chi connectivity index (χ3n) is 2.13. The van der Waals surface area contributed by atoms with Crippen LogP contribution < -0.4 is 0 Å². The Labute approximate surface area is 71.0 Å². The molecule has 0 spiro atoms. The standard InChI is InChI=1S/C7H13N3O2/c1-5-2-6(3-9-10-8)7(4-11)12-5/h5-7,11H,2-4H2,1H3/t5?,6-,7+/m0/s1. The first-order chi connectivity index (χ1) is 5.77. The second kappa shape index (κ2) is 4.30. The van der Waals surface area contributed by atoms with Gasteiger partial charge in [0.25, 0.3) is 0 Å². The van der Waals surface area contributed by atoms with Crippen molar-refractivity contribution in [3.63, 3.8) is 0 Å². The molecular formula is C7H13N3O2. The molecule has 1 N–H and O–H groups in total. The first-order valence-corrected chi connectivity index (χ1v) is 4.05. The molecule has 0 bridgehead atoms. The molecule has 1 saturated heterocycles. The Kier molecular flexibility index (Phi) is 3.34. The highest BCUT2D eigenvalue weighted by molar-refractivity contribution is 4.81. The monoisotopic (exact) mass is 171 g/mol. The van der Waals surface area contributed by atoms with Crippen LogP contribution in [0.3, 0.4) is 0 Å². The summed E-state index contributed by atoms with van der Waals surface area (Å²) in [6.45, 7) is 2.39. The average molecular weight is 171 g/mol. The fourth-order valence-electron chi connectivity index (χ4n) is 1.57. The minimum absolute atomic E-state index is 0.00988. The van der Waals surface area contributed by atoms with Crippen molar-refractivity contribution in [2.75, 3.05) is 13.2 Å². The molecule has 1 unspecified atom stereocenters. The maximum atomic E-state index is 8.89. The molecule has 0 amide bonds. The minimum atomic E-state index is -0.148. The molecule has 0 aromatic carbocycles. The van der Waals surface area contributed by atoms with Crippen LogP contribution in [0.1, 0.15) is 13.3 Å². The zero-order chi connectivity index (χ0) is 8.97. The quantitative estimate of drug-likeness (QED) is 0.392. The van der Waals surface area contributed by atoms with Crippen molar-refractivity contribution in [2.45, 2.75) is 25.6 Å². The number of hydrogen-bond acceptors (Lipinski definition) is 3. The molecule has 1 fully saturated rings. The molecule has 0 radical (unpaired) electrons. The molecule has 1 aliphatic heterocycles. The van der Waals surface area contributed by atoms with E-state index in [-0.39, 0.29) is 24.7 Å². The van der Waals surface area contributed by atoms with Crippen molar-refractivity contribution in [1.29, 1.82) is 0 Å². The largest absolute Gasteiger partial charge is 0.394 e. The molecule has 0 aromatic heterocycles. The van der Waals surface area contributed by atoms with Gasteiger partial charge in [-0.15, -0.1) is 0 Å². The molecule has 1 aliphatic rings. The molecular weight excluding hydrogens is 158 g/mol. The van der Waals surface area contributed by atoms with Crippen LogP contribution >= 0.6 is 0 Å². The summed E-state index contributed by atoms with van der Waals surface area (Å²) in [6, 6.07) is 0. The summed E-state index contributed by atoms with van der Waals surface area (Å²) in [4.78, 5) is 2.68. The Hall–Kier alpha value is -0.770. The van der Waals surface area contributed by atoms with Gasteiger partial charge in [-0.25, -0.2) is 0 Å². The minimum Gasteiger partial charge on any atom is -0.394 e. The van der Waals surface area contributed by atoms with E-state index in [9.17, 15) is 0 Å². The predicted octanol–water partition coefficient (Wildman–Crippen LogP) is 1.08. The highest BCUT2D eigenvalue weighted by Crippen LogP contribution is 2.26. The molecule has 5 nitrogen and oxygen atoms in total. The van der Waals surface area contributed by atoms with Gasteiger partial charge in [0, 0.05) is 11.5 Å². The zero-order valence-corrected chi connectivity index (χ0v) is 7.05. The van der Waals surface area contributed by atoms with Crippen molar-refractivity contribution in [3.05, 3.63) is 10.4 Å². The van der Waals surface area contributed by atoms with Crippen molar-refractivity contribution in [3.8, 4) is 0 Å². The number of aliphatic hydroxyl groups excluding tert-OH is 1. The summed E-state index contributed by atoms with van der Waals surface area (Å²) in [5, 5.41) is 12.4. The molecule has 3 atom stereocenters. The van der Waals surface area contributed by atoms with Gasteiger partial charge in [-0.05, 0) is 24.8 Å². The van der Waals surface area contributed by atoms with E-state index in [1.165, 1.54) is 0 Å². The summed E-state index contributed by atoms with van der Waals surface area (Å²) in [5.41, 5.74) is 8.11. The van der Waals surface area contributed by atoms with E-state index >= 15 is 0 Å². The van der Waals surface area contributed by atoms with E-state index in [1.807, 2.05) is 6.92 Å². The van der Waals surface area contributed by atoms with Crippen LogP contribution in [0.25, 0.3) is 10.4 Å². The maximum Gasteiger partial charge on any atom is 0.0839 e. The topological polar surface area (TPSA) is 78.2 Å². The highest BCUT2D eigenvalue weighted by atomic mass is 16.5. The van der Waals surface area contributed by atoms with Gasteiger partial charge < -0.3 is 9.84 Å². The van der Waals surface area contributed by atoms with E-state index in [4.69, 9.17) is 15.4 Å². The van der Waals surface area contributed by atoms with Gasteiger partial charge in [-0.3, -0.25) is 0 Å². The number of ether oxygens (including phenoxy) is 1. The van der Waals surface area contributed by atoms with Crippen molar-refractivity contribution >= 4 is 0 Å². The van der Waals surface area contributed by atoms with Gasteiger partial charge in [0.15, 0.2) is 0 Å². The molecule has 0 aromatic rings. The van der Waals surface area contributed by atoms with Gasteiger partial charge in [-0.2, -0.15) is 0 Å². The maximum absolute atomic E-state index is 8.89. The molecule has 12 heavy (non-hydrogen) atoms. The molecule has 1 heterocycles. The SMILES string of the molecule is CC1C[C@@H](CN=[N+]=[N-])[C@@H](CO)O1. The highest BCUT2D eigenvalue weighted by Gasteiger charge is 2.31. The van der Waals surface area contributed by atoms with Crippen LogP contribution in [-0.2, 0) is 4.74 Å². The van der Waals surface area contributed by atoms with E-state index in [0.717, 1.165) is 6.42 Å². The molecule has 5 heteroatoms. The molecule has 68 valence electrons. The fourth-order valence-corrected chi connectivity index (χ4v) is 1.57. The first-order valence-electron chi connectivity index (χ1n) is 4.05. The van der Waals surface area contributed by atoms with E-state index in [2.05, 4.69) is 10.0 Å². The van der Waals surface area contributed by atoms with Crippen LogP contribution in [0.2, 0.25) is 0 Å². The van der Waals surface area contributed by atoms with Crippen LogP contribution in [0, 0.1) is 5.92 Å². The normalized spacial score (nSPS) is 34.7. The Morgan fingerprint density at radius 3 is 3.08 bits per heavy atom. The van der Waals surface area contributed by atoms with Crippen molar-refractivity contribution in [1.82, 2.24) is 0 Å². The third kappa shape index (κ3) is 2.11. The number of azide groups is 1. The lowest BCUT2D eigenvalue weighted by Gasteiger charge is -2.12. The van der Waals surface area contributed by atoms with Gasteiger partial charge in [0.2, 0.25) is 0 Å². The summed E-state index contributed by atoms with van der Waals surface area (Å²) in [7, 11) is 0. The van der Waals surface area contributed by atoms with Gasteiger partial charge >= 0.3 is 0 Å². The third-order valence-corrected chi connectivity index (χ3v) is 2.13. The number of nitrogens with zero attached hydrogens (tertiary/aromatic N) is 3. The Bertz CT molecular complexity index is 191. The lowest BCUT2D eigenvalue weighted by Crippen LogP contribution is -2.22. The second-order valence-corrected chi connectivity index (χ2v) is 3.08. The fraction of sp³-hybridized carbons (Fsp3) is 1.00. The van der Waals surface area contributed by atoms with E-state index in [1.54, 1.807) is 0 Å². The van der Waals surface area contributed by atoms with Gasteiger partial charge in [-0.1, -0.05) is 5.11 Å². The van der Waals surface area contributed by atoms with Crippen LogP contribution in [0.5, 0.6) is 0 Å². The van der Waals surface area contributed by atoms with E-state index < -0.39 is 0 Å². The molecule has 0 aliphatic carbocycles. The lowest BCUT2D eigenvalue weighted by atomic mass is 10.0. The Morgan fingerprint density at radius 1 is 1.75 bits per heavy atom. The number of hydrogen-bond donors (Lipinski definition) is 1. The lowest BCUT2D eigenvalue weighted by molar-refractivity contribution is 0.00775. The van der Waals surface area contributed by atoms with E-state index in [0.29, 0.717) is 6.54 Å². The number of aliphatic hydroxyl groups is 1. The summed E-state index contributed by atoms with van der Waals surface area (Å²) in [5.74, 6) is 0.181. The van der Waals surface area contributed by atoms with Crippen molar-refractivity contribution < 1.29 is 9.84 Å². The summed E-state index contributed by atoms with van der Waals surface area (Å²) >= 11 is 0. The van der Waals surface area contributed by atoms with Crippen LogP contribution in [0.15, 0.2) is 5.11 Å². The van der Waals surface area contributed by atoms with Gasteiger partial charge in [0.05, 0.1) is 18.8 Å². The van der Waals surface area contributed by atoms with Crippen molar-refractivity contribution in [2.24, 2.45) is 11.0 Å². The average Bonchev–Trinajstić information content (AvgIpc) is 2.42. The van der Waals surface area contributed by atoms with Crippen LogP contribution in [-0.4, -0.2) is 30.5 Å². The molecule has 0 saturated carbocycles. The molecule has 1 rings (SSSR count). The Morgan fingerprint density at radius 2 is 2.50 bits per heavy atom. The Balaban J connectivity index is 2.45. The summed E-state index contributed by atoms with van der Waals surface area (Å²) < 4.78 is 5.39. The number of rotatable bonds is 3. The smallest absolute Gasteiger partial charge is 0.0839 e. The zero-order valence-electron chi connectivity index (χ0n) is 7.05. The van der Waals surface area contributed by atoms with Crippen LogP contribution in [0.4, 0.5) is 0 Å². The second-order valence-electron chi connectivity index (χ2n) is 3.08. The predicted molar refractivity (Wildman–Crippen MR) is 43.5 cm³/mol. The first kappa shape index (κ1) is 9.32. The summed E-state index contributed by atoms with van der Waals surface area (Å²) in [6.07, 6.45) is 0.885. The van der Waals surface area contributed by atoms with Gasteiger partial charge in [0.1, 0.15) is 0 Å².